The number of urea groups is 1. The molecule has 0 aliphatic carbocycles. The van der Waals surface area contributed by atoms with Gasteiger partial charge in [0.2, 0.25) is 5.88 Å². The minimum Gasteiger partial charge on any atom is -0.439 e. The summed E-state index contributed by atoms with van der Waals surface area (Å²) >= 11 is 5.87. The number of likely N-dealkylation sites (tertiary alicyclic amines) is 1. The minimum absolute atomic E-state index is 0.136. The van der Waals surface area contributed by atoms with Crippen LogP contribution in [0.4, 0.5) is 10.5 Å². The van der Waals surface area contributed by atoms with E-state index in [0.29, 0.717) is 41.2 Å². The number of rotatable bonds is 4. The zero-order valence-corrected chi connectivity index (χ0v) is 18.1. The highest BCUT2D eigenvalue weighted by molar-refractivity contribution is 6.30. The first-order valence-corrected chi connectivity index (χ1v) is 10.4. The first-order valence-electron chi connectivity index (χ1n) is 10.0. The second kappa shape index (κ2) is 9.22. The number of pyridine rings is 1. The van der Waals surface area contributed by atoms with Crippen LogP contribution in [0.2, 0.25) is 5.02 Å². The number of hydrogen-bond acceptors (Lipinski definition) is 5. The molecule has 3 heterocycles. The SMILES string of the molecule is Cc1oncc1NC(=O)N1CC/C(=C\c2cccc(Oc3ccc(Cl)cn3)c2)C(C)C1. The van der Waals surface area contributed by atoms with E-state index in [1.54, 1.807) is 25.3 Å². The molecule has 2 amide bonds. The molecule has 0 saturated carbocycles. The highest BCUT2D eigenvalue weighted by Crippen LogP contribution is 2.28. The van der Waals surface area contributed by atoms with E-state index in [-0.39, 0.29) is 11.9 Å². The number of nitrogens with zero attached hydrogens (tertiary/aromatic N) is 3. The molecule has 31 heavy (non-hydrogen) atoms. The van der Waals surface area contributed by atoms with Crippen LogP contribution < -0.4 is 10.1 Å². The molecule has 0 radical (unpaired) electrons. The molecule has 4 rings (SSSR count). The second-order valence-corrected chi connectivity index (χ2v) is 7.97. The molecule has 1 aromatic carbocycles. The van der Waals surface area contributed by atoms with Crippen LogP contribution in [0.1, 0.15) is 24.7 Å². The van der Waals surface area contributed by atoms with E-state index in [9.17, 15) is 4.79 Å². The number of benzene rings is 1. The molecular weight excluding hydrogens is 416 g/mol. The molecule has 0 spiro atoms. The lowest BCUT2D eigenvalue weighted by atomic mass is 9.91. The summed E-state index contributed by atoms with van der Waals surface area (Å²) in [5, 5.41) is 7.12. The Hall–Kier alpha value is -3.32. The number of anilines is 1. The van der Waals surface area contributed by atoms with E-state index in [1.807, 2.05) is 29.2 Å². The first kappa shape index (κ1) is 20.9. The first-order chi connectivity index (χ1) is 15.0. The molecular formula is C23H23ClN4O3. The Morgan fingerprint density at radius 2 is 2.19 bits per heavy atom. The van der Waals surface area contributed by atoms with Crippen molar-refractivity contribution in [1.82, 2.24) is 15.0 Å². The number of piperidine rings is 1. The molecule has 1 aliphatic rings. The molecule has 8 heteroatoms. The van der Waals surface area contributed by atoms with E-state index in [1.165, 1.54) is 11.8 Å². The number of carbonyl (C=O) groups is 1. The Morgan fingerprint density at radius 1 is 1.32 bits per heavy atom. The van der Waals surface area contributed by atoms with Gasteiger partial charge in [-0.05, 0) is 43.0 Å². The number of ether oxygens (including phenoxy) is 1. The standard InChI is InChI=1S/C23H23ClN4O3/c1-15-14-28(23(29)27-21-13-26-31-16(21)2)9-8-18(15)10-17-4-3-5-20(11-17)30-22-7-6-19(24)12-25-22/h3-7,10-13,15H,8-9,14H2,1-2H3,(H,27,29)/b18-10+. The zero-order chi connectivity index (χ0) is 21.8. The predicted molar refractivity (Wildman–Crippen MR) is 119 cm³/mol. The highest BCUT2D eigenvalue weighted by Gasteiger charge is 2.25. The van der Waals surface area contributed by atoms with Crippen molar-refractivity contribution in [2.75, 3.05) is 18.4 Å². The molecule has 160 valence electrons. The van der Waals surface area contributed by atoms with Gasteiger partial charge < -0.3 is 19.5 Å². The lowest BCUT2D eigenvalue weighted by Gasteiger charge is -2.33. The average molecular weight is 439 g/mol. The van der Waals surface area contributed by atoms with Crippen LogP contribution in [0, 0.1) is 12.8 Å². The summed E-state index contributed by atoms with van der Waals surface area (Å²) in [6, 6.07) is 11.2. The summed E-state index contributed by atoms with van der Waals surface area (Å²) in [6.45, 7) is 5.20. The molecule has 3 aromatic rings. The summed E-state index contributed by atoms with van der Waals surface area (Å²) in [4.78, 5) is 18.5. The van der Waals surface area contributed by atoms with Gasteiger partial charge in [-0.3, -0.25) is 0 Å². The van der Waals surface area contributed by atoms with Crippen LogP contribution >= 0.6 is 11.6 Å². The van der Waals surface area contributed by atoms with Crippen molar-refractivity contribution in [3.05, 3.63) is 70.7 Å². The third-order valence-corrected chi connectivity index (χ3v) is 5.43. The Balaban J connectivity index is 1.40. The molecule has 0 bridgehead atoms. The van der Waals surface area contributed by atoms with Gasteiger partial charge in [-0.2, -0.15) is 0 Å². The van der Waals surface area contributed by atoms with Crippen molar-refractivity contribution in [3.63, 3.8) is 0 Å². The molecule has 1 aliphatic heterocycles. The summed E-state index contributed by atoms with van der Waals surface area (Å²) < 4.78 is 10.8. The Kier molecular flexibility index (Phi) is 6.23. The van der Waals surface area contributed by atoms with Crippen LogP contribution in [0.3, 0.4) is 0 Å². The maximum absolute atomic E-state index is 12.6. The Morgan fingerprint density at radius 3 is 2.90 bits per heavy atom. The van der Waals surface area contributed by atoms with Crippen molar-refractivity contribution in [1.29, 1.82) is 0 Å². The van der Waals surface area contributed by atoms with Crippen molar-refractivity contribution in [3.8, 4) is 11.6 Å². The quantitative estimate of drug-likeness (QED) is 0.558. The molecule has 1 N–H and O–H groups in total. The molecule has 1 saturated heterocycles. The Bertz CT molecular complexity index is 1090. The van der Waals surface area contributed by atoms with Gasteiger partial charge in [0.1, 0.15) is 11.4 Å². The number of halogens is 1. The van der Waals surface area contributed by atoms with Gasteiger partial charge in [0.05, 0.1) is 11.2 Å². The summed E-state index contributed by atoms with van der Waals surface area (Å²) in [5.41, 5.74) is 2.95. The maximum atomic E-state index is 12.6. The Labute approximate surface area is 185 Å². The largest absolute Gasteiger partial charge is 0.439 e. The lowest BCUT2D eigenvalue weighted by Crippen LogP contribution is -2.42. The van der Waals surface area contributed by atoms with Crippen molar-refractivity contribution >= 4 is 29.4 Å². The maximum Gasteiger partial charge on any atom is 0.322 e. The number of hydrogen-bond donors (Lipinski definition) is 1. The molecule has 1 atom stereocenters. The summed E-state index contributed by atoms with van der Waals surface area (Å²) in [7, 11) is 0. The van der Waals surface area contributed by atoms with Crippen molar-refractivity contribution in [2.24, 2.45) is 5.92 Å². The summed E-state index contributed by atoms with van der Waals surface area (Å²) in [6.07, 6.45) is 6.05. The van der Waals surface area contributed by atoms with Crippen LogP contribution in [0.15, 0.2) is 58.9 Å². The number of carbonyl (C=O) groups excluding carboxylic acids is 1. The normalized spacial score (nSPS) is 17.6. The van der Waals surface area contributed by atoms with Gasteiger partial charge in [0, 0.05) is 25.4 Å². The molecule has 7 nitrogen and oxygen atoms in total. The fourth-order valence-corrected chi connectivity index (χ4v) is 3.60. The summed E-state index contributed by atoms with van der Waals surface area (Å²) in [5.74, 6) is 2.03. The fraction of sp³-hybridized carbons (Fsp3) is 0.261. The van der Waals surface area contributed by atoms with Crippen LogP contribution in [-0.2, 0) is 0 Å². The highest BCUT2D eigenvalue weighted by atomic mass is 35.5. The van der Waals surface area contributed by atoms with Gasteiger partial charge in [-0.25, -0.2) is 9.78 Å². The van der Waals surface area contributed by atoms with Crippen molar-refractivity contribution < 1.29 is 14.1 Å². The molecule has 1 fully saturated rings. The molecule has 1 unspecified atom stereocenters. The van der Waals surface area contributed by atoms with Crippen LogP contribution in [-0.4, -0.2) is 34.2 Å². The van der Waals surface area contributed by atoms with Gasteiger partial charge in [0.25, 0.3) is 0 Å². The van der Waals surface area contributed by atoms with Gasteiger partial charge in [0.15, 0.2) is 5.76 Å². The van der Waals surface area contributed by atoms with E-state index < -0.39 is 0 Å². The molecule has 2 aromatic heterocycles. The van der Waals surface area contributed by atoms with E-state index in [0.717, 1.165) is 12.0 Å². The van der Waals surface area contributed by atoms with Crippen LogP contribution in [0.5, 0.6) is 11.6 Å². The van der Waals surface area contributed by atoms with E-state index in [4.69, 9.17) is 20.9 Å². The predicted octanol–water partition coefficient (Wildman–Crippen LogP) is 5.78. The third-order valence-electron chi connectivity index (χ3n) is 5.21. The lowest BCUT2D eigenvalue weighted by molar-refractivity contribution is 0.197. The van der Waals surface area contributed by atoms with E-state index >= 15 is 0 Å². The van der Waals surface area contributed by atoms with E-state index in [2.05, 4.69) is 28.5 Å². The van der Waals surface area contributed by atoms with Crippen LogP contribution in [0.25, 0.3) is 6.08 Å². The van der Waals surface area contributed by atoms with Gasteiger partial charge in [-0.15, -0.1) is 0 Å². The number of aromatic nitrogens is 2. The number of nitrogens with one attached hydrogen (secondary N) is 1. The third kappa shape index (κ3) is 5.24. The number of aryl methyl sites for hydroxylation is 1. The van der Waals surface area contributed by atoms with Crippen molar-refractivity contribution in [2.45, 2.75) is 20.3 Å². The fourth-order valence-electron chi connectivity index (χ4n) is 3.49. The van der Waals surface area contributed by atoms with Gasteiger partial charge in [-0.1, -0.05) is 47.5 Å². The zero-order valence-electron chi connectivity index (χ0n) is 17.3. The topological polar surface area (TPSA) is 80.5 Å². The number of amides is 2. The minimum atomic E-state index is -0.136. The average Bonchev–Trinajstić information content (AvgIpc) is 3.16. The monoisotopic (exact) mass is 438 g/mol. The smallest absolute Gasteiger partial charge is 0.322 e. The second-order valence-electron chi connectivity index (χ2n) is 7.53. The van der Waals surface area contributed by atoms with Gasteiger partial charge >= 0.3 is 6.03 Å².